The summed E-state index contributed by atoms with van der Waals surface area (Å²) in [7, 11) is -0.573. The highest BCUT2D eigenvalue weighted by Gasteiger charge is 2.39. The number of methoxy groups -OCH3 is 1. The van der Waals surface area contributed by atoms with Crippen LogP contribution in [-0.4, -0.2) is 34.5 Å². The lowest BCUT2D eigenvalue weighted by Gasteiger charge is -2.39. The van der Waals surface area contributed by atoms with Gasteiger partial charge in [-0.3, -0.25) is 4.79 Å². The number of ether oxygens (including phenoxy) is 1. The van der Waals surface area contributed by atoms with Gasteiger partial charge in [-0.2, -0.15) is 0 Å². The maximum absolute atomic E-state index is 11.3. The van der Waals surface area contributed by atoms with E-state index in [0.717, 1.165) is 5.56 Å². The smallest absolute Gasteiger partial charge is 0.319 e. The summed E-state index contributed by atoms with van der Waals surface area (Å²) in [4.78, 5) is 11.3. The zero-order valence-corrected chi connectivity index (χ0v) is 16.7. The zero-order chi connectivity index (χ0) is 17.7. The van der Waals surface area contributed by atoms with Gasteiger partial charge in [-0.25, -0.2) is 0 Å². The third-order valence-electron chi connectivity index (χ3n) is 4.29. The topological polar surface area (TPSA) is 47.6 Å². The Balaban J connectivity index is 2.91. The van der Waals surface area contributed by atoms with Gasteiger partial charge in [0.25, 0.3) is 0 Å². The Labute approximate surface area is 145 Å². The predicted molar refractivity (Wildman–Crippen MR) is 97.4 cm³/mol. The summed E-state index contributed by atoms with van der Waals surface area (Å²) >= 11 is 6.12. The van der Waals surface area contributed by atoms with Crippen molar-refractivity contribution in [1.29, 1.82) is 0 Å². The average Bonchev–Trinajstić information content (AvgIpc) is 2.44. The van der Waals surface area contributed by atoms with Crippen LogP contribution < -0.4 is 5.32 Å². The quantitative estimate of drug-likeness (QED) is 0.587. The summed E-state index contributed by atoms with van der Waals surface area (Å²) in [6.45, 7) is 11.7. The molecule has 0 heterocycles. The monoisotopic (exact) mass is 357 g/mol. The number of esters is 1. The normalized spacial score (nSPS) is 13.7. The first-order valence-electron chi connectivity index (χ1n) is 7.77. The van der Waals surface area contributed by atoms with Gasteiger partial charge in [-0.05, 0) is 35.8 Å². The molecule has 0 bridgehead atoms. The van der Waals surface area contributed by atoms with Crippen LogP contribution in [0.25, 0.3) is 0 Å². The van der Waals surface area contributed by atoms with Gasteiger partial charge in [-0.1, -0.05) is 44.5 Å². The molecule has 1 N–H and O–H groups in total. The first-order chi connectivity index (χ1) is 10.6. The lowest BCUT2D eigenvalue weighted by atomic mass is 10.1. The highest BCUT2D eigenvalue weighted by molar-refractivity contribution is 6.74. The Hall–Kier alpha value is -0.883. The van der Waals surface area contributed by atoms with E-state index in [2.05, 4.69) is 43.9 Å². The molecule has 0 spiro atoms. The molecule has 0 aromatic heterocycles. The van der Waals surface area contributed by atoms with Crippen molar-refractivity contribution in [3.05, 3.63) is 34.9 Å². The van der Waals surface area contributed by atoms with Gasteiger partial charge in [0.2, 0.25) is 0 Å². The zero-order valence-electron chi connectivity index (χ0n) is 14.9. The molecule has 6 heteroatoms. The first-order valence-corrected chi connectivity index (χ1v) is 11.1. The Morgan fingerprint density at radius 2 is 2.00 bits per heavy atom. The second-order valence-electron chi connectivity index (χ2n) is 7.13. The number of benzene rings is 1. The van der Waals surface area contributed by atoms with Gasteiger partial charge in [0, 0.05) is 11.6 Å². The Morgan fingerprint density at radius 1 is 1.35 bits per heavy atom. The second kappa shape index (κ2) is 8.28. The number of nitrogens with one attached hydrogen (secondary N) is 1. The molecule has 0 aliphatic rings. The van der Waals surface area contributed by atoms with Crippen LogP contribution in [0.1, 0.15) is 32.4 Å². The van der Waals surface area contributed by atoms with Crippen molar-refractivity contribution >= 4 is 25.9 Å². The largest absolute Gasteiger partial charge is 0.468 e. The molecule has 23 heavy (non-hydrogen) atoms. The van der Waals surface area contributed by atoms with Gasteiger partial charge >= 0.3 is 5.97 Å². The second-order valence-corrected chi connectivity index (χ2v) is 12.3. The lowest BCUT2D eigenvalue weighted by Crippen LogP contribution is -2.44. The molecule has 1 aromatic rings. The molecule has 0 radical (unpaired) electrons. The molecular formula is C17H28ClNO3Si. The van der Waals surface area contributed by atoms with Crippen LogP contribution in [0.2, 0.25) is 23.2 Å². The summed E-state index contributed by atoms with van der Waals surface area (Å²) in [5, 5.41) is 3.89. The molecule has 0 aliphatic heterocycles. The Bertz CT molecular complexity index is 529. The molecule has 1 rings (SSSR count). The Kier molecular flexibility index (Phi) is 7.26. The van der Waals surface area contributed by atoms with Crippen molar-refractivity contribution in [2.45, 2.75) is 45.0 Å². The van der Waals surface area contributed by atoms with E-state index in [1.54, 1.807) is 0 Å². The van der Waals surface area contributed by atoms with Crippen molar-refractivity contribution in [3.8, 4) is 0 Å². The number of rotatable bonds is 7. The third-order valence-corrected chi connectivity index (χ3v) is 9.01. The minimum atomic E-state index is -1.95. The van der Waals surface area contributed by atoms with Crippen molar-refractivity contribution in [1.82, 2.24) is 5.32 Å². The predicted octanol–water partition coefficient (Wildman–Crippen LogP) is 4.17. The molecule has 130 valence electrons. The van der Waals surface area contributed by atoms with E-state index in [-0.39, 0.29) is 23.7 Å². The summed E-state index contributed by atoms with van der Waals surface area (Å²) in [5.74, 6) is -0.290. The molecule has 0 aliphatic carbocycles. The SMILES string of the molecule is COC(=O)CNCC(O[Si](C)(C)C(C)(C)C)c1cccc(Cl)c1. The van der Waals surface area contributed by atoms with Crippen molar-refractivity contribution in [2.24, 2.45) is 0 Å². The standard InChI is InChI=1S/C17H28ClNO3Si/c1-17(2,3)23(5,6)22-15(11-19-12-16(20)21-4)13-8-7-9-14(18)10-13/h7-10,15,19H,11-12H2,1-6H3. The highest BCUT2D eigenvalue weighted by Crippen LogP contribution is 2.39. The van der Waals surface area contributed by atoms with Crippen molar-refractivity contribution in [2.75, 3.05) is 20.2 Å². The van der Waals surface area contributed by atoms with Gasteiger partial charge in [0.1, 0.15) is 0 Å². The van der Waals surface area contributed by atoms with E-state index in [1.165, 1.54) is 7.11 Å². The fourth-order valence-electron chi connectivity index (χ4n) is 1.84. The molecular weight excluding hydrogens is 330 g/mol. The summed E-state index contributed by atoms with van der Waals surface area (Å²) in [6.07, 6.45) is -0.153. The lowest BCUT2D eigenvalue weighted by molar-refractivity contribution is -0.139. The average molecular weight is 358 g/mol. The summed E-state index contributed by atoms with van der Waals surface area (Å²) in [5.41, 5.74) is 1.01. The van der Waals surface area contributed by atoms with Crippen LogP contribution in [0.15, 0.2) is 24.3 Å². The molecule has 4 nitrogen and oxygen atoms in total. The van der Waals surface area contributed by atoms with E-state index in [1.807, 2.05) is 24.3 Å². The maximum atomic E-state index is 11.3. The van der Waals surface area contributed by atoms with Crippen LogP contribution in [-0.2, 0) is 14.0 Å². The summed E-state index contributed by atoms with van der Waals surface area (Å²) < 4.78 is 11.2. The molecule has 0 saturated carbocycles. The van der Waals surface area contributed by atoms with E-state index in [9.17, 15) is 4.79 Å². The number of carbonyl (C=O) groups excluding carboxylic acids is 1. The van der Waals surface area contributed by atoms with Crippen LogP contribution in [0, 0.1) is 0 Å². The van der Waals surface area contributed by atoms with Gasteiger partial charge in [-0.15, -0.1) is 0 Å². The molecule has 1 atom stereocenters. The highest BCUT2D eigenvalue weighted by atomic mass is 35.5. The summed E-state index contributed by atoms with van der Waals surface area (Å²) in [6, 6.07) is 7.68. The number of hydrogen-bond acceptors (Lipinski definition) is 4. The van der Waals surface area contributed by atoms with Crippen LogP contribution in [0.3, 0.4) is 0 Å². The maximum Gasteiger partial charge on any atom is 0.319 e. The number of halogens is 1. The molecule has 0 saturated heterocycles. The molecule has 0 amide bonds. The van der Waals surface area contributed by atoms with Crippen molar-refractivity contribution < 1.29 is 14.0 Å². The van der Waals surface area contributed by atoms with E-state index < -0.39 is 8.32 Å². The van der Waals surface area contributed by atoms with Gasteiger partial charge in [0.05, 0.1) is 19.8 Å². The first kappa shape index (κ1) is 20.2. The van der Waals surface area contributed by atoms with E-state index in [4.69, 9.17) is 16.0 Å². The number of carbonyl (C=O) groups is 1. The third kappa shape index (κ3) is 6.26. The minimum Gasteiger partial charge on any atom is -0.468 e. The number of hydrogen-bond donors (Lipinski definition) is 1. The Morgan fingerprint density at radius 3 is 2.52 bits per heavy atom. The fraction of sp³-hybridized carbons (Fsp3) is 0.588. The van der Waals surface area contributed by atoms with Crippen LogP contribution in [0.4, 0.5) is 0 Å². The van der Waals surface area contributed by atoms with Crippen molar-refractivity contribution in [3.63, 3.8) is 0 Å². The van der Waals surface area contributed by atoms with Gasteiger partial charge < -0.3 is 14.5 Å². The molecule has 1 aromatic carbocycles. The van der Waals surface area contributed by atoms with E-state index >= 15 is 0 Å². The molecule has 1 unspecified atom stereocenters. The molecule has 0 fully saturated rings. The van der Waals surface area contributed by atoms with Crippen LogP contribution >= 0.6 is 11.6 Å². The fourth-order valence-corrected chi connectivity index (χ4v) is 3.33. The van der Waals surface area contributed by atoms with Crippen LogP contribution in [0.5, 0.6) is 0 Å². The van der Waals surface area contributed by atoms with E-state index in [0.29, 0.717) is 11.6 Å². The minimum absolute atomic E-state index is 0.103. The van der Waals surface area contributed by atoms with Gasteiger partial charge in [0.15, 0.2) is 8.32 Å².